The molecule has 0 bridgehead atoms. The molecule has 0 aromatic heterocycles. The highest BCUT2D eigenvalue weighted by molar-refractivity contribution is 7.80. The van der Waals surface area contributed by atoms with Crippen LogP contribution in [0.3, 0.4) is 0 Å². The summed E-state index contributed by atoms with van der Waals surface area (Å²) in [6, 6.07) is 0.314. The van der Waals surface area contributed by atoms with Crippen LogP contribution < -0.4 is 4.90 Å². The summed E-state index contributed by atoms with van der Waals surface area (Å²) in [5.74, 6) is -1.84. The monoisotopic (exact) mass is 486 g/mol. The van der Waals surface area contributed by atoms with Gasteiger partial charge in [0.05, 0.1) is 22.0 Å². The number of halogens is 2. The molecule has 1 aromatic carbocycles. The fourth-order valence-electron chi connectivity index (χ4n) is 2.85. The van der Waals surface area contributed by atoms with Crippen molar-refractivity contribution in [1.82, 2.24) is 9.80 Å². The van der Waals surface area contributed by atoms with Crippen LogP contribution >= 0.6 is 24.2 Å². The molecule has 2 rings (SSSR count). The Balaban J connectivity index is 2.36. The maximum atomic E-state index is 14.8. The number of thiol groups is 1. The Morgan fingerprint density at radius 1 is 1.28 bits per heavy atom. The minimum Gasteiger partial charge on any atom is -0.456 e. The highest BCUT2D eigenvalue weighted by Gasteiger charge is 2.43. The van der Waals surface area contributed by atoms with Gasteiger partial charge in [0, 0.05) is 13.1 Å². The zero-order valence-corrected chi connectivity index (χ0v) is 19.5. The van der Waals surface area contributed by atoms with E-state index in [2.05, 4.69) is 24.4 Å². The van der Waals surface area contributed by atoms with Gasteiger partial charge < -0.3 is 9.57 Å². The van der Waals surface area contributed by atoms with E-state index >= 15 is 0 Å². The molecule has 0 aliphatic carbocycles. The van der Waals surface area contributed by atoms with Crippen molar-refractivity contribution < 1.29 is 28.3 Å². The van der Waals surface area contributed by atoms with E-state index in [9.17, 15) is 18.8 Å². The number of rotatable bonds is 9. The molecular weight excluding hydrogens is 463 g/mol. The first kappa shape index (κ1) is 25.5. The Morgan fingerprint density at radius 2 is 1.88 bits per heavy atom. The number of ether oxygens (including phenoxy) is 1. The summed E-state index contributed by atoms with van der Waals surface area (Å²) in [6.07, 6.45) is 1.50. The third kappa shape index (κ3) is 5.33. The van der Waals surface area contributed by atoms with Gasteiger partial charge in [0.2, 0.25) is 0 Å². The van der Waals surface area contributed by atoms with Crippen LogP contribution in [0.15, 0.2) is 29.9 Å². The van der Waals surface area contributed by atoms with Gasteiger partial charge in [-0.3, -0.25) is 9.80 Å². The number of hydrogen-bond donors (Lipinski definition) is 1. The number of oxime groups is 1. The summed E-state index contributed by atoms with van der Waals surface area (Å²) in [5, 5.41) is 3.49. The first-order valence-corrected chi connectivity index (χ1v) is 10.6. The zero-order valence-electron chi connectivity index (χ0n) is 17.9. The van der Waals surface area contributed by atoms with Crippen LogP contribution in [0, 0.1) is 5.82 Å². The molecule has 0 radical (unpaired) electrons. The van der Waals surface area contributed by atoms with Crippen molar-refractivity contribution >= 4 is 53.7 Å². The second kappa shape index (κ2) is 11.2. The van der Waals surface area contributed by atoms with E-state index in [0.717, 1.165) is 12.1 Å². The van der Waals surface area contributed by atoms with Crippen LogP contribution in [0.1, 0.15) is 31.1 Å². The van der Waals surface area contributed by atoms with Crippen LogP contribution in [0.5, 0.6) is 0 Å². The van der Waals surface area contributed by atoms with Crippen LogP contribution in [0.2, 0.25) is 5.02 Å². The molecule has 12 heteroatoms. The van der Waals surface area contributed by atoms with Gasteiger partial charge in [0.1, 0.15) is 19.0 Å². The molecule has 1 fully saturated rings. The van der Waals surface area contributed by atoms with Crippen LogP contribution in [-0.2, 0) is 9.57 Å². The summed E-state index contributed by atoms with van der Waals surface area (Å²) in [6.45, 7) is 8.89. The number of benzene rings is 1. The van der Waals surface area contributed by atoms with Gasteiger partial charge in [-0.05, 0) is 32.9 Å². The standard InChI is InChI=1S/C20H24ClFN4O5S/c1-5-8-31-23-12(4)11-30-17(27)13-9-16(15(22)10-14(13)21)26-18(28)24(6-2)20(32)25(7-3)19(26)29/h5,9-10,20,32H,1,6-8,11H2,2-4H3. The second-order valence-corrected chi connectivity index (χ2v) is 7.46. The Morgan fingerprint density at radius 3 is 2.41 bits per heavy atom. The third-order valence-electron chi connectivity index (χ3n) is 4.44. The zero-order chi connectivity index (χ0) is 24.0. The molecule has 9 nitrogen and oxygen atoms in total. The van der Waals surface area contributed by atoms with Gasteiger partial charge in [-0.2, -0.15) is 0 Å². The molecular formula is C20H24ClFN4O5S. The Kier molecular flexibility index (Phi) is 8.90. The van der Waals surface area contributed by atoms with E-state index in [-0.39, 0.29) is 36.9 Å². The lowest BCUT2D eigenvalue weighted by atomic mass is 10.1. The SMILES string of the molecule is C=CCON=C(C)COC(=O)c1cc(N2C(=O)N(CC)C(S)N(CC)C2=O)c(F)cc1Cl. The molecule has 32 heavy (non-hydrogen) atoms. The molecule has 1 aliphatic rings. The average molecular weight is 487 g/mol. The predicted octanol–water partition coefficient (Wildman–Crippen LogP) is 4.13. The van der Waals surface area contributed by atoms with Gasteiger partial charge in [-0.1, -0.05) is 29.4 Å². The summed E-state index contributed by atoms with van der Waals surface area (Å²) in [7, 11) is 0. The van der Waals surface area contributed by atoms with Crippen molar-refractivity contribution in [3.63, 3.8) is 0 Å². The minimum atomic E-state index is -0.950. The summed E-state index contributed by atoms with van der Waals surface area (Å²) in [5.41, 5.74) is -1.08. The van der Waals surface area contributed by atoms with E-state index in [4.69, 9.17) is 21.2 Å². The van der Waals surface area contributed by atoms with Crippen molar-refractivity contribution in [2.75, 3.05) is 31.2 Å². The van der Waals surface area contributed by atoms with Crippen LogP contribution in [0.4, 0.5) is 19.7 Å². The molecule has 1 heterocycles. The van der Waals surface area contributed by atoms with Crippen molar-refractivity contribution in [1.29, 1.82) is 0 Å². The first-order valence-electron chi connectivity index (χ1n) is 9.69. The van der Waals surface area contributed by atoms with Gasteiger partial charge in [0.25, 0.3) is 0 Å². The maximum absolute atomic E-state index is 14.8. The number of imide groups is 1. The molecule has 174 valence electrons. The quantitative estimate of drug-likeness (QED) is 0.141. The molecule has 1 aromatic rings. The van der Waals surface area contributed by atoms with E-state index in [1.54, 1.807) is 20.8 Å². The van der Waals surface area contributed by atoms with E-state index in [1.165, 1.54) is 15.9 Å². The van der Waals surface area contributed by atoms with Crippen molar-refractivity contribution in [2.45, 2.75) is 26.3 Å². The van der Waals surface area contributed by atoms with Crippen molar-refractivity contribution in [3.05, 3.63) is 41.2 Å². The largest absolute Gasteiger partial charge is 0.456 e. The highest BCUT2D eigenvalue weighted by atomic mass is 35.5. The molecule has 4 amide bonds. The molecule has 0 spiro atoms. The minimum absolute atomic E-state index is 0.188. The molecule has 0 saturated carbocycles. The second-order valence-electron chi connectivity index (χ2n) is 6.59. The summed E-state index contributed by atoms with van der Waals surface area (Å²) >= 11 is 10.4. The lowest BCUT2D eigenvalue weighted by Gasteiger charge is -2.44. The van der Waals surface area contributed by atoms with Crippen LogP contribution in [-0.4, -0.2) is 65.3 Å². The number of anilines is 1. The first-order chi connectivity index (χ1) is 15.2. The number of nitrogens with zero attached hydrogens (tertiary/aromatic N) is 4. The smallest absolute Gasteiger partial charge is 0.340 e. The Labute approximate surface area is 195 Å². The number of carbonyl (C=O) groups is 3. The molecule has 1 aliphatic heterocycles. The van der Waals surface area contributed by atoms with Gasteiger partial charge in [-0.25, -0.2) is 23.7 Å². The average Bonchev–Trinajstić information content (AvgIpc) is 2.74. The Hall–Kier alpha value is -2.79. The van der Waals surface area contributed by atoms with Gasteiger partial charge in [0.15, 0.2) is 5.50 Å². The number of hydrogen-bond acceptors (Lipinski definition) is 7. The molecule has 0 N–H and O–H groups in total. The van der Waals surface area contributed by atoms with Gasteiger partial charge in [-0.15, -0.1) is 12.6 Å². The number of esters is 1. The van der Waals surface area contributed by atoms with Crippen molar-refractivity contribution in [3.8, 4) is 0 Å². The number of amides is 4. The number of carbonyl (C=O) groups excluding carboxylic acids is 3. The fraction of sp³-hybridized carbons (Fsp3) is 0.400. The fourth-order valence-corrected chi connectivity index (χ4v) is 3.60. The van der Waals surface area contributed by atoms with E-state index < -0.39 is 35.0 Å². The normalized spacial score (nSPS) is 15.3. The topological polar surface area (TPSA) is 91.8 Å². The van der Waals surface area contributed by atoms with Crippen LogP contribution in [0.25, 0.3) is 0 Å². The molecule has 0 atom stereocenters. The van der Waals surface area contributed by atoms with E-state index in [0.29, 0.717) is 10.6 Å². The lowest BCUT2D eigenvalue weighted by molar-refractivity contribution is 0.0558. The van der Waals surface area contributed by atoms with E-state index in [1.807, 2.05) is 0 Å². The maximum Gasteiger partial charge on any atom is 0.340 e. The Bertz CT molecular complexity index is 921. The number of urea groups is 2. The van der Waals surface area contributed by atoms with Crippen molar-refractivity contribution in [2.24, 2.45) is 5.16 Å². The highest BCUT2D eigenvalue weighted by Crippen LogP contribution is 2.32. The lowest BCUT2D eigenvalue weighted by Crippen LogP contribution is -2.64. The molecule has 1 saturated heterocycles. The summed E-state index contributed by atoms with van der Waals surface area (Å²) in [4.78, 5) is 46.5. The molecule has 0 unspecified atom stereocenters. The van der Waals surface area contributed by atoms with Gasteiger partial charge >= 0.3 is 18.0 Å². The predicted molar refractivity (Wildman–Crippen MR) is 122 cm³/mol. The third-order valence-corrected chi connectivity index (χ3v) is 5.31. The summed E-state index contributed by atoms with van der Waals surface area (Å²) < 4.78 is 19.9.